The molecule has 0 spiro atoms. The predicted molar refractivity (Wildman–Crippen MR) is 145 cm³/mol. The largest absolute Gasteiger partial charge is 0.497 e. The van der Waals surface area contributed by atoms with E-state index in [1.807, 2.05) is 0 Å². The normalized spacial score (nSPS) is 20.0. The van der Waals surface area contributed by atoms with Crippen molar-refractivity contribution < 1.29 is 4.74 Å². The molecule has 0 bridgehead atoms. The standard InChI is InChI=1S/C25H43N5O.HI/c1-5-26-25(28-22-13-17-29(18-14-22)20(2)3)27-19-24(30-15-7-6-8-16-30)21-9-11-23(31-4)12-10-21;/h9-12,20,22,24H,5-8,13-19H2,1-4H3,(H2,26,27,28);1H. The quantitative estimate of drug-likeness (QED) is 0.284. The minimum absolute atomic E-state index is 0. The summed E-state index contributed by atoms with van der Waals surface area (Å²) in [7, 11) is 1.72. The van der Waals surface area contributed by atoms with E-state index in [0.29, 0.717) is 18.1 Å². The van der Waals surface area contributed by atoms with Gasteiger partial charge in [0.15, 0.2) is 5.96 Å². The van der Waals surface area contributed by atoms with Crippen LogP contribution in [0.15, 0.2) is 29.3 Å². The number of piperidine rings is 2. The van der Waals surface area contributed by atoms with E-state index in [-0.39, 0.29) is 24.0 Å². The van der Waals surface area contributed by atoms with Gasteiger partial charge in [0.05, 0.1) is 19.7 Å². The van der Waals surface area contributed by atoms with Gasteiger partial charge in [-0.1, -0.05) is 18.6 Å². The highest BCUT2D eigenvalue weighted by Crippen LogP contribution is 2.26. The molecular formula is C25H44IN5O. The van der Waals surface area contributed by atoms with E-state index in [1.165, 1.54) is 37.7 Å². The van der Waals surface area contributed by atoms with Crippen LogP contribution in [-0.2, 0) is 0 Å². The maximum absolute atomic E-state index is 5.37. The SMILES string of the molecule is CCNC(=NCC(c1ccc(OC)cc1)N1CCCCC1)NC1CCN(C(C)C)CC1.I. The molecule has 0 aliphatic carbocycles. The fraction of sp³-hybridized carbons (Fsp3) is 0.720. The molecule has 1 unspecified atom stereocenters. The molecule has 32 heavy (non-hydrogen) atoms. The van der Waals surface area contributed by atoms with Gasteiger partial charge in [-0.25, -0.2) is 0 Å². The smallest absolute Gasteiger partial charge is 0.191 e. The highest BCUT2D eigenvalue weighted by Gasteiger charge is 2.24. The fourth-order valence-electron chi connectivity index (χ4n) is 4.74. The Balaban J connectivity index is 0.00000363. The molecule has 2 fully saturated rings. The molecule has 2 aliphatic heterocycles. The van der Waals surface area contributed by atoms with Gasteiger partial charge in [-0.3, -0.25) is 9.89 Å². The van der Waals surface area contributed by atoms with E-state index < -0.39 is 0 Å². The van der Waals surface area contributed by atoms with Crippen molar-refractivity contribution in [2.45, 2.75) is 71.0 Å². The van der Waals surface area contributed by atoms with Crippen LogP contribution in [0.5, 0.6) is 5.75 Å². The Kier molecular flexibility index (Phi) is 12.1. The van der Waals surface area contributed by atoms with Gasteiger partial charge in [-0.05, 0) is 77.2 Å². The number of nitrogens with one attached hydrogen (secondary N) is 2. The van der Waals surface area contributed by atoms with E-state index in [4.69, 9.17) is 9.73 Å². The van der Waals surface area contributed by atoms with Crippen molar-refractivity contribution in [3.63, 3.8) is 0 Å². The van der Waals surface area contributed by atoms with Gasteiger partial charge in [0.25, 0.3) is 0 Å². The van der Waals surface area contributed by atoms with Crippen molar-refractivity contribution in [2.24, 2.45) is 4.99 Å². The molecule has 6 nitrogen and oxygen atoms in total. The summed E-state index contributed by atoms with van der Waals surface area (Å²) in [4.78, 5) is 10.2. The Hall–Kier alpha value is -1.06. The molecule has 3 rings (SSSR count). The minimum atomic E-state index is 0. The van der Waals surface area contributed by atoms with Crippen molar-refractivity contribution in [1.82, 2.24) is 20.4 Å². The lowest BCUT2D eigenvalue weighted by molar-refractivity contribution is 0.165. The monoisotopic (exact) mass is 557 g/mol. The summed E-state index contributed by atoms with van der Waals surface area (Å²) in [5.41, 5.74) is 1.33. The summed E-state index contributed by atoms with van der Waals surface area (Å²) in [6, 6.07) is 10.00. The number of hydrogen-bond acceptors (Lipinski definition) is 4. The average molecular weight is 558 g/mol. The number of hydrogen-bond donors (Lipinski definition) is 2. The van der Waals surface area contributed by atoms with Crippen LogP contribution in [0.25, 0.3) is 0 Å². The molecule has 0 radical (unpaired) electrons. The number of guanidine groups is 1. The third kappa shape index (κ3) is 8.06. The van der Waals surface area contributed by atoms with Gasteiger partial charge >= 0.3 is 0 Å². The molecule has 0 aromatic heterocycles. The van der Waals surface area contributed by atoms with Crippen molar-refractivity contribution >= 4 is 29.9 Å². The zero-order valence-electron chi connectivity index (χ0n) is 20.5. The second-order valence-corrected chi connectivity index (χ2v) is 9.15. The first-order valence-electron chi connectivity index (χ1n) is 12.3. The van der Waals surface area contributed by atoms with Crippen LogP contribution in [0.4, 0.5) is 0 Å². The summed E-state index contributed by atoms with van der Waals surface area (Å²) in [5.74, 6) is 1.87. The van der Waals surface area contributed by atoms with Crippen LogP contribution in [0.2, 0.25) is 0 Å². The van der Waals surface area contributed by atoms with Gasteiger partial charge in [0.1, 0.15) is 5.75 Å². The highest BCUT2D eigenvalue weighted by atomic mass is 127. The van der Waals surface area contributed by atoms with Gasteiger partial charge in [0, 0.05) is 31.7 Å². The molecule has 0 saturated carbocycles. The van der Waals surface area contributed by atoms with Crippen LogP contribution >= 0.6 is 24.0 Å². The van der Waals surface area contributed by atoms with E-state index in [0.717, 1.165) is 51.0 Å². The lowest BCUT2D eigenvalue weighted by Crippen LogP contribution is -2.50. The Morgan fingerprint density at radius 2 is 1.69 bits per heavy atom. The van der Waals surface area contributed by atoms with Crippen molar-refractivity contribution in [3.8, 4) is 5.75 Å². The van der Waals surface area contributed by atoms with Crippen molar-refractivity contribution in [3.05, 3.63) is 29.8 Å². The Morgan fingerprint density at radius 3 is 2.25 bits per heavy atom. The first-order valence-corrected chi connectivity index (χ1v) is 12.3. The molecular weight excluding hydrogens is 513 g/mol. The molecule has 2 N–H and O–H groups in total. The minimum Gasteiger partial charge on any atom is -0.497 e. The second kappa shape index (κ2) is 14.3. The number of rotatable bonds is 8. The molecule has 2 heterocycles. The Bertz CT molecular complexity index is 667. The second-order valence-electron chi connectivity index (χ2n) is 9.15. The zero-order chi connectivity index (χ0) is 22.1. The molecule has 1 atom stereocenters. The molecule has 1 aromatic carbocycles. The molecule has 0 amide bonds. The molecule has 1 aromatic rings. The Morgan fingerprint density at radius 1 is 1.03 bits per heavy atom. The molecule has 7 heteroatoms. The van der Waals surface area contributed by atoms with E-state index in [9.17, 15) is 0 Å². The summed E-state index contributed by atoms with van der Waals surface area (Å²) in [5, 5.41) is 7.20. The number of ether oxygens (including phenoxy) is 1. The summed E-state index contributed by atoms with van der Waals surface area (Å²) in [6.07, 6.45) is 6.26. The average Bonchev–Trinajstić information content (AvgIpc) is 2.81. The lowest BCUT2D eigenvalue weighted by atomic mass is 10.0. The van der Waals surface area contributed by atoms with Gasteiger partial charge in [-0.15, -0.1) is 24.0 Å². The molecule has 2 aliphatic rings. The van der Waals surface area contributed by atoms with Crippen molar-refractivity contribution in [1.29, 1.82) is 0 Å². The van der Waals surface area contributed by atoms with E-state index >= 15 is 0 Å². The van der Waals surface area contributed by atoms with E-state index in [1.54, 1.807) is 7.11 Å². The third-order valence-corrected chi connectivity index (χ3v) is 6.70. The summed E-state index contributed by atoms with van der Waals surface area (Å²) < 4.78 is 5.37. The highest BCUT2D eigenvalue weighted by molar-refractivity contribution is 14.0. The van der Waals surface area contributed by atoms with Crippen LogP contribution in [0, 0.1) is 0 Å². The number of aliphatic imine (C=N–C) groups is 1. The first-order chi connectivity index (χ1) is 15.1. The molecule has 182 valence electrons. The van der Waals surface area contributed by atoms with Gasteiger partial charge in [-0.2, -0.15) is 0 Å². The summed E-state index contributed by atoms with van der Waals surface area (Å²) >= 11 is 0. The fourth-order valence-corrected chi connectivity index (χ4v) is 4.74. The third-order valence-electron chi connectivity index (χ3n) is 6.70. The summed E-state index contributed by atoms with van der Waals surface area (Å²) in [6.45, 7) is 13.0. The number of likely N-dealkylation sites (tertiary alicyclic amines) is 2. The molecule has 2 saturated heterocycles. The Labute approximate surface area is 212 Å². The maximum Gasteiger partial charge on any atom is 0.191 e. The lowest BCUT2D eigenvalue weighted by Gasteiger charge is -2.36. The van der Waals surface area contributed by atoms with E-state index in [2.05, 4.69) is 65.5 Å². The van der Waals surface area contributed by atoms with Crippen LogP contribution in [0.3, 0.4) is 0 Å². The zero-order valence-corrected chi connectivity index (χ0v) is 22.8. The first kappa shape index (κ1) is 27.2. The van der Waals surface area contributed by atoms with Crippen LogP contribution in [0.1, 0.15) is 64.5 Å². The predicted octanol–water partition coefficient (Wildman–Crippen LogP) is 4.27. The maximum atomic E-state index is 5.37. The number of methoxy groups -OCH3 is 1. The van der Waals surface area contributed by atoms with Gasteiger partial charge in [0.2, 0.25) is 0 Å². The van der Waals surface area contributed by atoms with Gasteiger partial charge < -0.3 is 20.3 Å². The van der Waals surface area contributed by atoms with Crippen molar-refractivity contribution in [2.75, 3.05) is 46.4 Å². The number of halogens is 1. The topological polar surface area (TPSA) is 52.1 Å². The number of nitrogens with zero attached hydrogens (tertiary/aromatic N) is 3. The van der Waals surface area contributed by atoms with Crippen LogP contribution < -0.4 is 15.4 Å². The number of benzene rings is 1. The van der Waals surface area contributed by atoms with Crippen LogP contribution in [-0.4, -0.2) is 74.2 Å².